The van der Waals surface area contributed by atoms with Crippen LogP contribution >= 0.6 is 0 Å². The summed E-state index contributed by atoms with van der Waals surface area (Å²) in [5, 5.41) is 0. The average molecular weight is 399 g/mol. The second-order valence-corrected chi connectivity index (χ2v) is 9.90. The third-order valence-corrected chi connectivity index (χ3v) is 8.30. The standard InChI is InChI=1S/C25H34O4/c1-25-13-11-20-19-12-14-27-16-18(19)7-8-21(20)22(25)9-10-23(25)29-24(26)28-15-17-5-3-2-4-6-17/h11,13,16-17,21-23H,2-10,12,14-15H2,1H3/t21?,22?,23?,25-/m0/s1. The molecule has 0 radical (unpaired) electrons. The summed E-state index contributed by atoms with van der Waals surface area (Å²) in [5.41, 5.74) is 4.36. The number of hydrogen-bond donors (Lipinski definition) is 0. The molecule has 1 heterocycles. The van der Waals surface area contributed by atoms with Crippen molar-refractivity contribution in [1.82, 2.24) is 0 Å². The lowest BCUT2D eigenvalue weighted by Crippen LogP contribution is -2.41. The van der Waals surface area contributed by atoms with Gasteiger partial charge in [-0.05, 0) is 73.0 Å². The van der Waals surface area contributed by atoms with Gasteiger partial charge in [-0.3, -0.25) is 0 Å². The number of carbonyl (C=O) groups excluding carboxylic acids is 1. The quantitative estimate of drug-likeness (QED) is 0.540. The van der Waals surface area contributed by atoms with E-state index in [1.165, 1.54) is 55.2 Å². The van der Waals surface area contributed by atoms with Crippen molar-refractivity contribution in [2.24, 2.45) is 23.2 Å². The molecule has 0 spiro atoms. The number of fused-ring (bicyclic) bond motifs is 4. The van der Waals surface area contributed by atoms with Gasteiger partial charge in [-0.15, -0.1) is 0 Å². The summed E-state index contributed by atoms with van der Waals surface area (Å²) < 4.78 is 17.0. The van der Waals surface area contributed by atoms with Gasteiger partial charge in [0.05, 0.1) is 19.5 Å². The minimum atomic E-state index is -0.460. The Morgan fingerprint density at radius 2 is 2.00 bits per heavy atom. The van der Waals surface area contributed by atoms with Crippen molar-refractivity contribution in [1.29, 1.82) is 0 Å². The first-order valence-corrected chi connectivity index (χ1v) is 11.7. The van der Waals surface area contributed by atoms with Crippen molar-refractivity contribution in [3.63, 3.8) is 0 Å². The zero-order chi connectivity index (χ0) is 19.8. The van der Waals surface area contributed by atoms with Crippen molar-refractivity contribution in [2.45, 2.75) is 77.2 Å². The maximum absolute atomic E-state index is 12.4. The first-order chi connectivity index (χ1) is 14.1. The Morgan fingerprint density at radius 3 is 2.86 bits per heavy atom. The van der Waals surface area contributed by atoms with Gasteiger partial charge in [0, 0.05) is 11.8 Å². The fourth-order valence-electron chi connectivity index (χ4n) is 6.63. The van der Waals surface area contributed by atoms with Crippen LogP contribution in [0.25, 0.3) is 0 Å². The van der Waals surface area contributed by atoms with Crippen LogP contribution in [0.1, 0.15) is 71.1 Å². The SMILES string of the molecule is C[C@]12C=CC3=C4CCOC=C4CCC3C1CCC2OC(=O)OCC1CCCCC1. The van der Waals surface area contributed by atoms with Crippen LogP contribution in [0.2, 0.25) is 0 Å². The molecule has 4 nitrogen and oxygen atoms in total. The second kappa shape index (κ2) is 7.85. The Kier molecular flexibility index (Phi) is 5.21. The summed E-state index contributed by atoms with van der Waals surface area (Å²) >= 11 is 0. The van der Waals surface area contributed by atoms with E-state index >= 15 is 0 Å². The molecule has 0 aromatic rings. The number of allylic oxidation sites excluding steroid dienone is 3. The fraction of sp³-hybridized carbons (Fsp3) is 0.720. The number of carbonyl (C=O) groups is 1. The minimum absolute atomic E-state index is 0.0687. The van der Waals surface area contributed by atoms with E-state index in [-0.39, 0.29) is 11.5 Å². The lowest BCUT2D eigenvalue weighted by Gasteiger charge is -2.45. The molecule has 158 valence electrons. The highest BCUT2D eigenvalue weighted by molar-refractivity contribution is 5.60. The van der Waals surface area contributed by atoms with Crippen LogP contribution < -0.4 is 0 Å². The first-order valence-electron chi connectivity index (χ1n) is 11.7. The first kappa shape index (κ1) is 19.3. The number of hydrogen-bond acceptors (Lipinski definition) is 4. The number of rotatable bonds is 3. The van der Waals surface area contributed by atoms with Gasteiger partial charge in [-0.1, -0.05) is 38.3 Å². The Balaban J connectivity index is 1.27. The Bertz CT molecular complexity index is 742. The monoisotopic (exact) mass is 398 g/mol. The largest absolute Gasteiger partial charge is 0.508 e. The minimum Gasteiger partial charge on any atom is -0.501 e. The average Bonchev–Trinajstić information content (AvgIpc) is 3.09. The van der Waals surface area contributed by atoms with Crippen molar-refractivity contribution in [2.75, 3.05) is 13.2 Å². The Hall–Kier alpha value is -1.71. The molecule has 5 rings (SSSR count). The molecule has 4 aliphatic carbocycles. The molecular formula is C25H34O4. The summed E-state index contributed by atoms with van der Waals surface area (Å²) in [6.45, 7) is 3.61. The van der Waals surface area contributed by atoms with Crippen LogP contribution in [0.3, 0.4) is 0 Å². The van der Waals surface area contributed by atoms with Crippen LogP contribution in [-0.2, 0) is 14.2 Å². The van der Waals surface area contributed by atoms with E-state index in [0.717, 1.165) is 32.3 Å². The lowest BCUT2D eigenvalue weighted by atomic mass is 9.61. The van der Waals surface area contributed by atoms with Gasteiger partial charge in [-0.25, -0.2) is 4.79 Å². The van der Waals surface area contributed by atoms with Crippen molar-refractivity contribution < 1.29 is 19.0 Å². The molecule has 1 aliphatic heterocycles. The van der Waals surface area contributed by atoms with E-state index in [4.69, 9.17) is 14.2 Å². The van der Waals surface area contributed by atoms with Gasteiger partial charge in [0.15, 0.2) is 0 Å². The van der Waals surface area contributed by atoms with Gasteiger partial charge in [-0.2, -0.15) is 0 Å². The molecule has 0 bridgehead atoms. The Morgan fingerprint density at radius 1 is 1.14 bits per heavy atom. The third-order valence-electron chi connectivity index (χ3n) is 8.30. The van der Waals surface area contributed by atoms with Crippen molar-refractivity contribution >= 4 is 6.16 Å². The zero-order valence-corrected chi connectivity index (χ0v) is 17.7. The molecule has 0 amide bonds. The maximum atomic E-state index is 12.4. The van der Waals surface area contributed by atoms with E-state index in [2.05, 4.69) is 19.1 Å². The fourth-order valence-corrected chi connectivity index (χ4v) is 6.63. The second-order valence-electron chi connectivity index (χ2n) is 9.90. The van der Waals surface area contributed by atoms with E-state index < -0.39 is 6.16 Å². The molecule has 2 saturated carbocycles. The van der Waals surface area contributed by atoms with Gasteiger partial charge >= 0.3 is 6.16 Å². The van der Waals surface area contributed by atoms with Gasteiger partial charge in [0.25, 0.3) is 0 Å². The highest BCUT2D eigenvalue weighted by Gasteiger charge is 2.53. The predicted molar refractivity (Wildman–Crippen MR) is 111 cm³/mol. The van der Waals surface area contributed by atoms with Crippen LogP contribution in [-0.4, -0.2) is 25.5 Å². The molecule has 4 atom stereocenters. The molecule has 29 heavy (non-hydrogen) atoms. The Labute approximate surface area is 174 Å². The van der Waals surface area contributed by atoms with Gasteiger partial charge in [0.1, 0.15) is 6.10 Å². The molecule has 4 heteroatoms. The summed E-state index contributed by atoms with van der Waals surface area (Å²) in [5.74, 6) is 1.66. The van der Waals surface area contributed by atoms with Gasteiger partial charge < -0.3 is 14.2 Å². The molecule has 0 aromatic carbocycles. The molecule has 0 N–H and O–H groups in total. The van der Waals surface area contributed by atoms with E-state index in [1.807, 2.05) is 6.26 Å². The van der Waals surface area contributed by atoms with Crippen LogP contribution in [0, 0.1) is 23.2 Å². The van der Waals surface area contributed by atoms with E-state index in [0.29, 0.717) is 24.4 Å². The number of ether oxygens (including phenoxy) is 3. The van der Waals surface area contributed by atoms with Crippen LogP contribution in [0.15, 0.2) is 35.1 Å². The summed E-state index contributed by atoms with van der Waals surface area (Å²) in [4.78, 5) is 12.4. The molecular weight excluding hydrogens is 364 g/mol. The third kappa shape index (κ3) is 3.53. The summed E-state index contributed by atoms with van der Waals surface area (Å²) in [6, 6.07) is 0. The molecule has 3 unspecified atom stereocenters. The van der Waals surface area contributed by atoms with Gasteiger partial charge in [0.2, 0.25) is 0 Å². The molecule has 0 saturated heterocycles. The maximum Gasteiger partial charge on any atom is 0.508 e. The molecule has 5 aliphatic rings. The predicted octanol–water partition coefficient (Wildman–Crippen LogP) is 6.09. The topological polar surface area (TPSA) is 44.8 Å². The summed E-state index contributed by atoms with van der Waals surface area (Å²) in [7, 11) is 0. The molecule has 0 aromatic heterocycles. The van der Waals surface area contributed by atoms with Crippen LogP contribution in [0.4, 0.5) is 4.79 Å². The lowest BCUT2D eigenvalue weighted by molar-refractivity contribution is -0.0208. The van der Waals surface area contributed by atoms with Crippen molar-refractivity contribution in [3.8, 4) is 0 Å². The zero-order valence-electron chi connectivity index (χ0n) is 17.7. The van der Waals surface area contributed by atoms with Crippen LogP contribution in [0.5, 0.6) is 0 Å². The highest BCUT2D eigenvalue weighted by Crippen LogP contribution is 2.57. The molecule has 2 fully saturated rings. The summed E-state index contributed by atoms with van der Waals surface area (Å²) in [6.07, 6.45) is 17.7. The highest BCUT2D eigenvalue weighted by atomic mass is 16.7. The van der Waals surface area contributed by atoms with E-state index in [9.17, 15) is 4.79 Å². The van der Waals surface area contributed by atoms with E-state index in [1.54, 1.807) is 0 Å². The van der Waals surface area contributed by atoms with Crippen molar-refractivity contribution in [3.05, 3.63) is 35.1 Å². The normalized spacial score (nSPS) is 36.4. The smallest absolute Gasteiger partial charge is 0.501 e.